The topological polar surface area (TPSA) is 69.5 Å². The minimum atomic E-state index is 0.493. The first-order valence-electron chi connectivity index (χ1n) is 10.2. The number of piperidine rings is 1. The van der Waals surface area contributed by atoms with Crippen molar-refractivity contribution in [3.8, 4) is 0 Å². The molecule has 2 aromatic rings. The fraction of sp³-hybridized carbons (Fsp3) is 0.550. The van der Waals surface area contributed by atoms with Crippen LogP contribution in [0.5, 0.6) is 0 Å². The van der Waals surface area contributed by atoms with E-state index in [2.05, 4.69) is 33.4 Å². The molecule has 150 valence electrons. The Kier molecular flexibility index (Phi) is 5.95. The van der Waals surface area contributed by atoms with Crippen LogP contribution in [0.15, 0.2) is 28.9 Å². The van der Waals surface area contributed by atoms with Crippen LogP contribution in [0.1, 0.15) is 44.8 Å². The van der Waals surface area contributed by atoms with Gasteiger partial charge >= 0.3 is 0 Å². The maximum absolute atomic E-state index is 5.44. The molecule has 2 N–H and O–H groups in total. The second-order valence-corrected chi connectivity index (χ2v) is 7.94. The van der Waals surface area contributed by atoms with Crippen LogP contribution < -0.4 is 20.4 Å². The average Bonchev–Trinajstić information content (AvgIpc) is 3.40. The van der Waals surface area contributed by atoms with E-state index in [0.717, 1.165) is 37.0 Å². The molecule has 4 rings (SSSR count). The number of nitrogens with one attached hydrogen (secondary N) is 2. The molecule has 0 amide bonds. The molecule has 2 aromatic heterocycles. The van der Waals surface area contributed by atoms with Gasteiger partial charge in [0, 0.05) is 31.7 Å². The standard InChI is InChI=1S/C20H28N6OS/c1-15-7-2-3-11-26(15)18-13-17(25-9-4-5-10-25)22-19(23-18)24-20(28)21-14-16-8-6-12-27-16/h6,8,12-13,15H,2-5,7,9-11,14H2,1H3,(H2,21,22,23,24,28)/t15-/m0/s1. The van der Waals surface area contributed by atoms with Crippen molar-refractivity contribution in [3.63, 3.8) is 0 Å². The van der Waals surface area contributed by atoms with Crippen molar-refractivity contribution in [2.75, 3.05) is 34.8 Å². The summed E-state index contributed by atoms with van der Waals surface area (Å²) in [6.45, 7) is 5.94. The number of hydrogen-bond acceptors (Lipinski definition) is 6. The van der Waals surface area contributed by atoms with Gasteiger partial charge in [-0.2, -0.15) is 9.97 Å². The number of hydrogen-bond donors (Lipinski definition) is 2. The minimum absolute atomic E-state index is 0.493. The van der Waals surface area contributed by atoms with E-state index < -0.39 is 0 Å². The molecule has 7 nitrogen and oxygen atoms in total. The Morgan fingerprint density at radius 3 is 2.71 bits per heavy atom. The van der Waals surface area contributed by atoms with Crippen LogP contribution in [0.3, 0.4) is 0 Å². The van der Waals surface area contributed by atoms with Gasteiger partial charge in [-0.1, -0.05) is 0 Å². The Labute approximate surface area is 171 Å². The Morgan fingerprint density at radius 1 is 1.18 bits per heavy atom. The van der Waals surface area contributed by atoms with Gasteiger partial charge in [-0.3, -0.25) is 0 Å². The van der Waals surface area contributed by atoms with Gasteiger partial charge < -0.3 is 24.9 Å². The van der Waals surface area contributed by atoms with E-state index in [1.807, 2.05) is 12.1 Å². The highest BCUT2D eigenvalue weighted by atomic mass is 32.1. The van der Waals surface area contributed by atoms with Gasteiger partial charge in [-0.05, 0) is 63.4 Å². The van der Waals surface area contributed by atoms with Crippen LogP contribution in [0, 0.1) is 0 Å². The van der Waals surface area contributed by atoms with Crippen LogP contribution in [-0.2, 0) is 6.54 Å². The first-order chi connectivity index (χ1) is 13.7. The molecule has 4 heterocycles. The van der Waals surface area contributed by atoms with Crippen molar-refractivity contribution in [3.05, 3.63) is 30.2 Å². The Morgan fingerprint density at radius 2 is 1.96 bits per heavy atom. The number of furan rings is 1. The number of aromatic nitrogens is 2. The average molecular weight is 401 g/mol. The molecule has 2 aliphatic heterocycles. The van der Waals surface area contributed by atoms with Gasteiger partial charge in [0.05, 0.1) is 12.8 Å². The third-order valence-corrected chi connectivity index (χ3v) is 5.70. The number of rotatable bonds is 5. The van der Waals surface area contributed by atoms with Crippen molar-refractivity contribution in [2.24, 2.45) is 0 Å². The van der Waals surface area contributed by atoms with Crippen LogP contribution >= 0.6 is 12.2 Å². The lowest BCUT2D eigenvalue weighted by atomic mass is 10.0. The summed E-state index contributed by atoms with van der Waals surface area (Å²) in [4.78, 5) is 14.3. The summed E-state index contributed by atoms with van der Waals surface area (Å²) >= 11 is 5.44. The molecule has 0 unspecified atom stereocenters. The summed E-state index contributed by atoms with van der Waals surface area (Å²) in [6.07, 6.45) is 7.78. The minimum Gasteiger partial charge on any atom is -0.467 e. The lowest BCUT2D eigenvalue weighted by molar-refractivity contribution is 0.481. The molecular formula is C20H28N6OS. The second-order valence-electron chi connectivity index (χ2n) is 7.53. The summed E-state index contributed by atoms with van der Waals surface area (Å²) in [7, 11) is 0. The zero-order chi connectivity index (χ0) is 19.3. The second kappa shape index (κ2) is 8.77. The Bertz CT molecular complexity index is 790. The summed E-state index contributed by atoms with van der Waals surface area (Å²) in [6, 6.07) is 6.41. The quantitative estimate of drug-likeness (QED) is 0.739. The predicted octanol–water partition coefficient (Wildman–Crippen LogP) is 3.54. The Hall–Kier alpha value is -2.35. The zero-order valence-electron chi connectivity index (χ0n) is 16.4. The fourth-order valence-electron chi connectivity index (χ4n) is 3.90. The summed E-state index contributed by atoms with van der Waals surface area (Å²) in [5, 5.41) is 6.81. The van der Waals surface area contributed by atoms with E-state index >= 15 is 0 Å². The molecule has 2 fully saturated rings. The molecule has 0 aromatic carbocycles. The lowest BCUT2D eigenvalue weighted by Gasteiger charge is -2.35. The first-order valence-corrected chi connectivity index (χ1v) is 10.6. The largest absolute Gasteiger partial charge is 0.467 e. The third-order valence-electron chi connectivity index (χ3n) is 5.46. The van der Waals surface area contributed by atoms with Gasteiger partial charge in [-0.15, -0.1) is 0 Å². The highest BCUT2D eigenvalue weighted by molar-refractivity contribution is 7.80. The van der Waals surface area contributed by atoms with Crippen molar-refractivity contribution >= 4 is 34.9 Å². The molecule has 0 saturated carbocycles. The molecule has 1 atom stereocenters. The van der Waals surface area contributed by atoms with Crippen LogP contribution in [0.4, 0.5) is 17.6 Å². The monoisotopic (exact) mass is 400 g/mol. The normalized spacial score (nSPS) is 19.7. The third kappa shape index (κ3) is 4.55. The van der Waals surface area contributed by atoms with E-state index in [9.17, 15) is 0 Å². The molecule has 28 heavy (non-hydrogen) atoms. The van der Waals surface area contributed by atoms with Gasteiger partial charge in [0.25, 0.3) is 0 Å². The van der Waals surface area contributed by atoms with Gasteiger partial charge in [0.1, 0.15) is 17.4 Å². The number of nitrogens with zero attached hydrogens (tertiary/aromatic N) is 4. The van der Waals surface area contributed by atoms with E-state index in [0.29, 0.717) is 23.6 Å². The van der Waals surface area contributed by atoms with Crippen LogP contribution in [0.25, 0.3) is 0 Å². The molecule has 0 spiro atoms. The first kappa shape index (κ1) is 19.0. The predicted molar refractivity (Wildman–Crippen MR) is 116 cm³/mol. The maximum atomic E-state index is 5.44. The molecule has 2 saturated heterocycles. The fourth-order valence-corrected chi connectivity index (χ4v) is 4.06. The van der Waals surface area contributed by atoms with Gasteiger partial charge in [0.2, 0.25) is 5.95 Å². The van der Waals surface area contributed by atoms with Crippen LogP contribution in [0.2, 0.25) is 0 Å². The molecular weight excluding hydrogens is 372 g/mol. The highest BCUT2D eigenvalue weighted by Crippen LogP contribution is 2.28. The van der Waals surface area contributed by atoms with E-state index in [1.54, 1.807) is 6.26 Å². The highest BCUT2D eigenvalue weighted by Gasteiger charge is 2.23. The summed E-state index contributed by atoms with van der Waals surface area (Å²) in [5.41, 5.74) is 0. The Balaban J connectivity index is 1.52. The molecule has 0 aliphatic carbocycles. The van der Waals surface area contributed by atoms with Crippen molar-refractivity contribution in [1.82, 2.24) is 15.3 Å². The molecule has 2 aliphatic rings. The molecule has 0 radical (unpaired) electrons. The van der Waals surface area contributed by atoms with Gasteiger partial charge in [-0.25, -0.2) is 0 Å². The number of anilines is 3. The van der Waals surface area contributed by atoms with Gasteiger partial charge in [0.15, 0.2) is 5.11 Å². The maximum Gasteiger partial charge on any atom is 0.232 e. The van der Waals surface area contributed by atoms with Crippen molar-refractivity contribution in [1.29, 1.82) is 0 Å². The van der Waals surface area contributed by atoms with Crippen molar-refractivity contribution in [2.45, 2.75) is 51.6 Å². The molecule has 8 heteroatoms. The molecule has 0 bridgehead atoms. The van der Waals surface area contributed by atoms with E-state index in [4.69, 9.17) is 26.6 Å². The SMILES string of the molecule is C[C@H]1CCCCN1c1cc(N2CCCC2)nc(NC(=S)NCc2ccco2)n1. The lowest BCUT2D eigenvalue weighted by Crippen LogP contribution is -2.38. The van der Waals surface area contributed by atoms with E-state index in [-0.39, 0.29) is 0 Å². The van der Waals surface area contributed by atoms with E-state index in [1.165, 1.54) is 32.1 Å². The summed E-state index contributed by atoms with van der Waals surface area (Å²) in [5.74, 6) is 3.35. The zero-order valence-corrected chi connectivity index (χ0v) is 17.2. The van der Waals surface area contributed by atoms with Crippen molar-refractivity contribution < 1.29 is 4.42 Å². The summed E-state index contributed by atoms with van der Waals surface area (Å²) < 4.78 is 5.34. The number of thiocarbonyl (C=S) groups is 1. The smallest absolute Gasteiger partial charge is 0.232 e. The van der Waals surface area contributed by atoms with Crippen LogP contribution in [-0.4, -0.2) is 40.8 Å².